The van der Waals surface area contributed by atoms with Gasteiger partial charge < -0.3 is 10.3 Å². The van der Waals surface area contributed by atoms with Crippen molar-refractivity contribution in [3.05, 3.63) is 86.3 Å². The lowest BCUT2D eigenvalue weighted by molar-refractivity contribution is -0.114. The zero-order valence-electron chi connectivity index (χ0n) is 19.0. The second kappa shape index (κ2) is 9.82. The molecule has 0 saturated carbocycles. The van der Waals surface area contributed by atoms with E-state index in [0.717, 1.165) is 17.4 Å². The summed E-state index contributed by atoms with van der Waals surface area (Å²) in [6.07, 6.45) is 3.41. The van der Waals surface area contributed by atoms with Crippen LogP contribution in [0.1, 0.15) is 43.8 Å². The molecule has 2 N–H and O–H groups in total. The summed E-state index contributed by atoms with van der Waals surface area (Å²) in [4.78, 5) is 49.5. The first-order valence-electron chi connectivity index (χ1n) is 11.1. The highest BCUT2D eigenvalue weighted by Gasteiger charge is 2.18. The molecule has 0 fully saturated rings. The minimum Gasteiger partial charge on any atom is -0.336 e. The number of rotatable bonds is 8. The monoisotopic (exact) mass is 464 g/mol. The van der Waals surface area contributed by atoms with Crippen molar-refractivity contribution in [2.24, 2.45) is 0 Å². The molecule has 0 aliphatic rings. The molecule has 0 bridgehead atoms. The first-order valence-corrected chi connectivity index (χ1v) is 11.1. The van der Waals surface area contributed by atoms with Crippen LogP contribution in [0, 0.1) is 5.82 Å². The van der Waals surface area contributed by atoms with Gasteiger partial charge in [-0.2, -0.15) is 0 Å². The molecule has 0 saturated heterocycles. The lowest BCUT2D eigenvalue weighted by Crippen LogP contribution is -2.40. The molecule has 3 aromatic heterocycles. The molecule has 0 atom stereocenters. The molecule has 1 aromatic carbocycles. The van der Waals surface area contributed by atoms with Crippen LogP contribution in [0.15, 0.2) is 52.2 Å². The molecule has 0 aliphatic carbocycles. The van der Waals surface area contributed by atoms with E-state index in [-0.39, 0.29) is 29.2 Å². The molecule has 0 radical (unpaired) electrons. The maximum Gasteiger partial charge on any atom is 0.333 e. The van der Waals surface area contributed by atoms with Crippen LogP contribution in [-0.2, 0) is 24.3 Å². The standard InChI is InChI=1S/C24H25FN6O3/c1-3-4-11-30-22-21(23(33)31(24(30)34)14-16-7-5-6-8-19(16)25)28-20(29-22)12-17-9-10-18(13-26-17)27-15(2)32/h5-10,13H,3-4,11-12,14H2,1-2H3,(H,27,32)(H,28,29). The number of anilines is 1. The van der Waals surface area contributed by atoms with Gasteiger partial charge >= 0.3 is 5.69 Å². The van der Waals surface area contributed by atoms with Gasteiger partial charge in [0.25, 0.3) is 5.56 Å². The van der Waals surface area contributed by atoms with Gasteiger partial charge in [-0.15, -0.1) is 0 Å². The number of nitrogens with one attached hydrogen (secondary N) is 2. The van der Waals surface area contributed by atoms with Gasteiger partial charge in [-0.1, -0.05) is 31.5 Å². The predicted molar refractivity (Wildman–Crippen MR) is 126 cm³/mol. The Morgan fingerprint density at radius 3 is 2.62 bits per heavy atom. The Balaban J connectivity index is 1.75. The van der Waals surface area contributed by atoms with E-state index >= 15 is 0 Å². The number of hydrogen-bond acceptors (Lipinski definition) is 5. The van der Waals surface area contributed by atoms with Crippen LogP contribution in [0.3, 0.4) is 0 Å². The second-order valence-corrected chi connectivity index (χ2v) is 8.05. The van der Waals surface area contributed by atoms with Crippen molar-refractivity contribution < 1.29 is 9.18 Å². The van der Waals surface area contributed by atoms with Crippen LogP contribution < -0.4 is 16.6 Å². The zero-order chi connectivity index (χ0) is 24.2. The molecular formula is C24H25FN6O3. The number of aromatic amines is 1. The first-order chi connectivity index (χ1) is 16.4. The molecule has 4 rings (SSSR count). The number of halogens is 1. The number of fused-ring (bicyclic) bond motifs is 1. The number of pyridine rings is 1. The number of unbranched alkanes of at least 4 members (excludes halogenated alkanes) is 1. The number of aryl methyl sites for hydroxylation is 1. The summed E-state index contributed by atoms with van der Waals surface area (Å²) in [5.41, 5.74) is 0.891. The van der Waals surface area contributed by atoms with Crippen molar-refractivity contribution in [2.45, 2.75) is 46.2 Å². The number of carbonyl (C=O) groups excluding carboxylic acids is 1. The number of nitrogens with zero attached hydrogens (tertiary/aromatic N) is 4. The summed E-state index contributed by atoms with van der Waals surface area (Å²) in [5.74, 6) is -0.197. The van der Waals surface area contributed by atoms with Crippen molar-refractivity contribution in [3.8, 4) is 0 Å². The van der Waals surface area contributed by atoms with Crippen molar-refractivity contribution in [2.75, 3.05) is 5.32 Å². The smallest absolute Gasteiger partial charge is 0.333 e. The van der Waals surface area contributed by atoms with E-state index in [9.17, 15) is 18.8 Å². The van der Waals surface area contributed by atoms with E-state index in [1.54, 1.807) is 30.3 Å². The molecule has 0 unspecified atom stereocenters. The van der Waals surface area contributed by atoms with Crippen molar-refractivity contribution >= 4 is 22.8 Å². The summed E-state index contributed by atoms with van der Waals surface area (Å²) in [7, 11) is 0. The van der Waals surface area contributed by atoms with Crippen molar-refractivity contribution in [3.63, 3.8) is 0 Å². The summed E-state index contributed by atoms with van der Waals surface area (Å²) in [6, 6.07) is 9.55. The Hall–Kier alpha value is -4.08. The van der Waals surface area contributed by atoms with Crippen LogP contribution in [0.25, 0.3) is 11.2 Å². The molecule has 4 aromatic rings. The van der Waals surface area contributed by atoms with Crippen LogP contribution in [0.2, 0.25) is 0 Å². The summed E-state index contributed by atoms with van der Waals surface area (Å²) < 4.78 is 16.7. The van der Waals surface area contributed by atoms with Gasteiger partial charge in [0, 0.05) is 31.1 Å². The predicted octanol–water partition coefficient (Wildman–Crippen LogP) is 2.82. The first kappa shape index (κ1) is 23.1. The third kappa shape index (κ3) is 4.80. The summed E-state index contributed by atoms with van der Waals surface area (Å²) >= 11 is 0. The highest BCUT2D eigenvalue weighted by atomic mass is 19.1. The largest absolute Gasteiger partial charge is 0.336 e. The highest BCUT2D eigenvalue weighted by Crippen LogP contribution is 2.13. The molecule has 10 heteroatoms. The van der Waals surface area contributed by atoms with Crippen LogP contribution in [0.5, 0.6) is 0 Å². The van der Waals surface area contributed by atoms with Gasteiger partial charge in [0.05, 0.1) is 18.4 Å². The number of benzene rings is 1. The minimum atomic E-state index is -0.552. The van der Waals surface area contributed by atoms with Crippen LogP contribution in [-0.4, -0.2) is 30.0 Å². The van der Waals surface area contributed by atoms with E-state index in [4.69, 9.17) is 0 Å². The second-order valence-electron chi connectivity index (χ2n) is 8.05. The van der Waals surface area contributed by atoms with Crippen molar-refractivity contribution in [1.29, 1.82) is 0 Å². The molecule has 3 heterocycles. The Morgan fingerprint density at radius 1 is 1.15 bits per heavy atom. The third-order valence-electron chi connectivity index (χ3n) is 5.43. The van der Waals surface area contributed by atoms with E-state index in [0.29, 0.717) is 30.2 Å². The van der Waals surface area contributed by atoms with Gasteiger partial charge in [0.1, 0.15) is 17.2 Å². The Morgan fingerprint density at radius 2 is 1.94 bits per heavy atom. The zero-order valence-corrected chi connectivity index (χ0v) is 19.0. The van der Waals surface area contributed by atoms with E-state index < -0.39 is 17.1 Å². The topological polar surface area (TPSA) is 115 Å². The number of hydrogen-bond donors (Lipinski definition) is 2. The number of carbonyl (C=O) groups is 1. The lowest BCUT2D eigenvalue weighted by atomic mass is 10.2. The molecule has 0 aliphatic heterocycles. The minimum absolute atomic E-state index is 0.174. The molecule has 1 amide bonds. The fourth-order valence-corrected chi connectivity index (χ4v) is 3.73. The maximum absolute atomic E-state index is 14.2. The average molecular weight is 465 g/mol. The highest BCUT2D eigenvalue weighted by molar-refractivity contribution is 5.88. The summed E-state index contributed by atoms with van der Waals surface area (Å²) in [5, 5.41) is 2.65. The van der Waals surface area contributed by atoms with Gasteiger partial charge in [0.15, 0.2) is 5.65 Å². The molecule has 176 valence electrons. The van der Waals surface area contributed by atoms with Gasteiger partial charge in [-0.3, -0.25) is 23.7 Å². The van der Waals surface area contributed by atoms with Crippen LogP contribution >= 0.6 is 0 Å². The molecule has 34 heavy (non-hydrogen) atoms. The van der Waals surface area contributed by atoms with Crippen LogP contribution in [0.4, 0.5) is 10.1 Å². The SMILES string of the molecule is CCCCn1c(=O)n(Cc2ccccc2F)c(=O)c2[nH]c(Cc3ccc(NC(C)=O)cn3)nc21. The maximum atomic E-state index is 14.2. The molecular weight excluding hydrogens is 439 g/mol. The van der Waals surface area contributed by atoms with Crippen molar-refractivity contribution in [1.82, 2.24) is 24.1 Å². The number of amides is 1. The quantitative estimate of drug-likeness (QED) is 0.416. The molecule has 0 spiro atoms. The Labute approximate surface area is 194 Å². The normalized spacial score (nSPS) is 11.1. The lowest BCUT2D eigenvalue weighted by Gasteiger charge is -2.11. The Kier molecular flexibility index (Phi) is 6.67. The number of H-pyrrole nitrogens is 1. The van der Waals surface area contributed by atoms with Gasteiger partial charge in [-0.05, 0) is 24.6 Å². The average Bonchev–Trinajstić information content (AvgIpc) is 3.22. The fourth-order valence-electron chi connectivity index (χ4n) is 3.73. The van der Waals surface area contributed by atoms with E-state index in [2.05, 4.69) is 20.3 Å². The van der Waals surface area contributed by atoms with E-state index in [1.165, 1.54) is 23.8 Å². The van der Waals surface area contributed by atoms with Gasteiger partial charge in [-0.25, -0.2) is 14.2 Å². The Bertz CT molecular complexity index is 1450. The third-order valence-corrected chi connectivity index (χ3v) is 5.43. The molecule has 9 nitrogen and oxygen atoms in total. The summed E-state index contributed by atoms with van der Waals surface area (Å²) in [6.45, 7) is 3.63. The van der Waals surface area contributed by atoms with Gasteiger partial charge in [0.2, 0.25) is 5.91 Å². The fraction of sp³-hybridized carbons (Fsp3) is 0.292. The number of aromatic nitrogens is 5. The number of imidazole rings is 1. The van der Waals surface area contributed by atoms with E-state index in [1.807, 2.05) is 6.92 Å².